The first-order valence-corrected chi connectivity index (χ1v) is 10.5. The van der Waals surface area contributed by atoms with Crippen LogP contribution in [0.25, 0.3) is 0 Å². The molecule has 0 aliphatic carbocycles. The van der Waals surface area contributed by atoms with Gasteiger partial charge in [0.25, 0.3) is 0 Å². The van der Waals surface area contributed by atoms with E-state index in [2.05, 4.69) is 34.5 Å². The Morgan fingerprint density at radius 2 is 1.73 bits per heavy atom. The van der Waals surface area contributed by atoms with Crippen molar-refractivity contribution in [2.75, 3.05) is 45.1 Å². The average molecular weight is 409 g/mol. The molecule has 2 aromatic carbocycles. The standard InChI is InChI=1S/C24H32N4O2/c1-19-8-7-11-22(16-19)25-24(30)20(2)26(3)18-23(29)28-14-12-27(13-15-28)17-21-9-5-4-6-10-21/h4-11,16,20H,12-15,17-18H2,1-3H3,(H,25,30). The molecule has 1 N–H and O–H groups in total. The summed E-state index contributed by atoms with van der Waals surface area (Å²) < 4.78 is 0. The number of nitrogens with one attached hydrogen (secondary N) is 1. The van der Waals surface area contributed by atoms with Crippen LogP contribution in [0.2, 0.25) is 0 Å². The molecule has 2 aromatic rings. The summed E-state index contributed by atoms with van der Waals surface area (Å²) in [6, 6.07) is 17.7. The van der Waals surface area contributed by atoms with Gasteiger partial charge in [0.15, 0.2) is 0 Å². The van der Waals surface area contributed by atoms with Gasteiger partial charge in [0, 0.05) is 38.4 Å². The van der Waals surface area contributed by atoms with E-state index in [0.29, 0.717) is 0 Å². The van der Waals surface area contributed by atoms with Crippen molar-refractivity contribution in [3.8, 4) is 0 Å². The van der Waals surface area contributed by atoms with Crippen molar-refractivity contribution in [2.24, 2.45) is 0 Å². The van der Waals surface area contributed by atoms with Crippen LogP contribution in [-0.4, -0.2) is 72.3 Å². The molecule has 1 aliphatic rings. The van der Waals surface area contributed by atoms with Crippen molar-refractivity contribution < 1.29 is 9.59 Å². The lowest BCUT2D eigenvalue weighted by molar-refractivity contribution is -0.135. The number of aryl methyl sites for hydroxylation is 1. The molecular weight excluding hydrogens is 376 g/mol. The fraction of sp³-hybridized carbons (Fsp3) is 0.417. The highest BCUT2D eigenvalue weighted by Gasteiger charge is 2.25. The van der Waals surface area contributed by atoms with Crippen LogP contribution in [0.1, 0.15) is 18.1 Å². The van der Waals surface area contributed by atoms with E-state index >= 15 is 0 Å². The Morgan fingerprint density at radius 1 is 1.03 bits per heavy atom. The first kappa shape index (κ1) is 22.0. The topological polar surface area (TPSA) is 55.9 Å². The summed E-state index contributed by atoms with van der Waals surface area (Å²) in [5.41, 5.74) is 3.17. The van der Waals surface area contributed by atoms with Crippen LogP contribution in [0.5, 0.6) is 0 Å². The van der Waals surface area contributed by atoms with Crippen molar-refractivity contribution in [1.82, 2.24) is 14.7 Å². The lowest BCUT2D eigenvalue weighted by atomic mass is 10.2. The zero-order valence-electron chi connectivity index (χ0n) is 18.2. The molecule has 0 saturated carbocycles. The first-order valence-electron chi connectivity index (χ1n) is 10.5. The number of likely N-dealkylation sites (N-methyl/N-ethyl adjacent to an activating group) is 1. The Balaban J connectivity index is 1.44. The van der Waals surface area contributed by atoms with E-state index in [0.717, 1.165) is 44.0 Å². The van der Waals surface area contributed by atoms with Crippen LogP contribution in [0.15, 0.2) is 54.6 Å². The van der Waals surface area contributed by atoms with Crippen LogP contribution in [0.3, 0.4) is 0 Å². The predicted molar refractivity (Wildman–Crippen MR) is 120 cm³/mol. The molecule has 3 rings (SSSR count). The van der Waals surface area contributed by atoms with Crippen LogP contribution in [0.4, 0.5) is 5.69 Å². The molecular formula is C24H32N4O2. The molecule has 1 unspecified atom stereocenters. The molecule has 1 atom stereocenters. The third kappa shape index (κ3) is 6.15. The summed E-state index contributed by atoms with van der Waals surface area (Å²) in [5, 5.41) is 2.93. The van der Waals surface area contributed by atoms with Crippen molar-refractivity contribution >= 4 is 17.5 Å². The molecule has 30 heavy (non-hydrogen) atoms. The van der Waals surface area contributed by atoms with Gasteiger partial charge in [-0.2, -0.15) is 0 Å². The summed E-state index contributed by atoms with van der Waals surface area (Å²) in [6.45, 7) is 8.16. The Labute approximate surface area is 179 Å². The number of hydrogen-bond acceptors (Lipinski definition) is 4. The van der Waals surface area contributed by atoms with Gasteiger partial charge in [-0.25, -0.2) is 0 Å². The molecule has 6 heteroatoms. The maximum atomic E-state index is 12.7. The largest absolute Gasteiger partial charge is 0.339 e. The van der Waals surface area contributed by atoms with Crippen molar-refractivity contribution in [2.45, 2.75) is 26.4 Å². The van der Waals surface area contributed by atoms with Gasteiger partial charge >= 0.3 is 0 Å². The summed E-state index contributed by atoms with van der Waals surface area (Å²) in [6.07, 6.45) is 0. The van der Waals surface area contributed by atoms with Crippen LogP contribution < -0.4 is 5.32 Å². The second kappa shape index (κ2) is 10.4. The number of rotatable bonds is 7. The van der Waals surface area contributed by atoms with E-state index in [1.807, 2.05) is 61.0 Å². The molecule has 1 aliphatic heterocycles. The predicted octanol–water partition coefficient (Wildman–Crippen LogP) is 2.60. The summed E-state index contributed by atoms with van der Waals surface area (Å²) in [4.78, 5) is 31.4. The minimum Gasteiger partial charge on any atom is -0.339 e. The van der Waals surface area contributed by atoms with Gasteiger partial charge in [0.05, 0.1) is 12.6 Å². The number of benzene rings is 2. The van der Waals surface area contributed by atoms with Gasteiger partial charge in [-0.1, -0.05) is 42.5 Å². The normalized spacial score (nSPS) is 15.8. The molecule has 0 bridgehead atoms. The van der Waals surface area contributed by atoms with Gasteiger partial charge in [-0.3, -0.25) is 19.4 Å². The number of anilines is 1. The van der Waals surface area contributed by atoms with Crippen molar-refractivity contribution in [1.29, 1.82) is 0 Å². The van der Waals surface area contributed by atoms with E-state index < -0.39 is 6.04 Å². The Bertz CT molecular complexity index is 847. The maximum Gasteiger partial charge on any atom is 0.241 e. The number of hydrogen-bond donors (Lipinski definition) is 1. The van der Waals surface area contributed by atoms with Crippen LogP contribution in [-0.2, 0) is 16.1 Å². The number of carbonyl (C=O) groups is 2. The second-order valence-electron chi connectivity index (χ2n) is 8.09. The van der Waals surface area contributed by atoms with Crippen LogP contribution >= 0.6 is 0 Å². The SMILES string of the molecule is Cc1cccc(NC(=O)C(C)N(C)CC(=O)N2CCN(Cc3ccccc3)CC2)c1. The zero-order valence-corrected chi connectivity index (χ0v) is 18.2. The molecule has 0 spiro atoms. The molecule has 0 radical (unpaired) electrons. The molecule has 0 aromatic heterocycles. The minimum absolute atomic E-state index is 0.0760. The Hall–Kier alpha value is -2.70. The van der Waals surface area contributed by atoms with E-state index in [-0.39, 0.29) is 18.4 Å². The molecule has 6 nitrogen and oxygen atoms in total. The summed E-state index contributed by atoms with van der Waals surface area (Å²) in [7, 11) is 1.82. The third-order valence-corrected chi connectivity index (χ3v) is 5.68. The quantitative estimate of drug-likeness (QED) is 0.765. The highest BCUT2D eigenvalue weighted by atomic mass is 16.2. The van der Waals surface area contributed by atoms with Gasteiger partial charge in [0.1, 0.15) is 0 Å². The van der Waals surface area contributed by atoms with E-state index in [4.69, 9.17) is 0 Å². The lowest BCUT2D eigenvalue weighted by Crippen LogP contribution is -2.52. The third-order valence-electron chi connectivity index (χ3n) is 5.68. The molecule has 160 valence electrons. The highest BCUT2D eigenvalue weighted by Crippen LogP contribution is 2.12. The average Bonchev–Trinajstić information content (AvgIpc) is 2.74. The number of piperazine rings is 1. The fourth-order valence-corrected chi connectivity index (χ4v) is 3.62. The fourth-order valence-electron chi connectivity index (χ4n) is 3.62. The maximum absolute atomic E-state index is 12.7. The Kier molecular flexibility index (Phi) is 7.60. The number of nitrogens with zero attached hydrogens (tertiary/aromatic N) is 3. The van der Waals surface area contributed by atoms with Gasteiger partial charge in [-0.05, 0) is 44.2 Å². The zero-order chi connectivity index (χ0) is 21.5. The van der Waals surface area contributed by atoms with E-state index in [1.54, 1.807) is 0 Å². The van der Waals surface area contributed by atoms with Gasteiger partial charge < -0.3 is 10.2 Å². The second-order valence-corrected chi connectivity index (χ2v) is 8.09. The Morgan fingerprint density at radius 3 is 2.40 bits per heavy atom. The molecule has 1 heterocycles. The van der Waals surface area contributed by atoms with Gasteiger partial charge in [0.2, 0.25) is 11.8 Å². The van der Waals surface area contributed by atoms with E-state index in [1.165, 1.54) is 5.56 Å². The lowest BCUT2D eigenvalue weighted by Gasteiger charge is -2.36. The van der Waals surface area contributed by atoms with Gasteiger partial charge in [-0.15, -0.1) is 0 Å². The molecule has 2 amide bonds. The summed E-state index contributed by atoms with van der Waals surface area (Å²) in [5.74, 6) is -0.0318. The molecule has 1 fully saturated rings. The summed E-state index contributed by atoms with van der Waals surface area (Å²) >= 11 is 0. The van der Waals surface area contributed by atoms with E-state index in [9.17, 15) is 9.59 Å². The van der Waals surface area contributed by atoms with Crippen molar-refractivity contribution in [3.05, 3.63) is 65.7 Å². The first-order chi connectivity index (χ1) is 14.4. The highest BCUT2D eigenvalue weighted by molar-refractivity contribution is 5.95. The monoisotopic (exact) mass is 408 g/mol. The molecule has 1 saturated heterocycles. The van der Waals surface area contributed by atoms with Crippen LogP contribution in [0, 0.1) is 6.92 Å². The number of carbonyl (C=O) groups excluding carboxylic acids is 2. The van der Waals surface area contributed by atoms with Crippen molar-refractivity contribution in [3.63, 3.8) is 0 Å². The number of amides is 2. The smallest absolute Gasteiger partial charge is 0.241 e. The minimum atomic E-state index is -0.395.